The van der Waals surface area contributed by atoms with E-state index in [0.29, 0.717) is 0 Å². The van der Waals surface area contributed by atoms with E-state index in [2.05, 4.69) is 6.58 Å². The monoisotopic (exact) mass is 438 g/mol. The van der Waals surface area contributed by atoms with Crippen molar-refractivity contribution in [3.63, 3.8) is 0 Å². The molecular formula is C15H34O7Si4. The molecule has 0 aromatic heterocycles. The van der Waals surface area contributed by atoms with Crippen molar-refractivity contribution in [2.75, 3.05) is 13.2 Å². The highest BCUT2D eigenvalue weighted by Gasteiger charge is 2.55. The van der Waals surface area contributed by atoms with Crippen LogP contribution in [0.1, 0.15) is 13.3 Å². The van der Waals surface area contributed by atoms with Crippen molar-refractivity contribution in [2.45, 2.75) is 64.9 Å². The van der Waals surface area contributed by atoms with E-state index in [1.54, 1.807) is 0 Å². The van der Waals surface area contributed by atoms with Gasteiger partial charge in [0, 0.05) is 6.08 Å². The summed E-state index contributed by atoms with van der Waals surface area (Å²) in [6, 6.07) is 0. The molecule has 1 heterocycles. The maximum absolute atomic E-state index is 11.2. The lowest BCUT2D eigenvalue weighted by atomic mass is 10.5. The minimum Gasteiger partial charge on any atom is -0.460 e. The van der Waals surface area contributed by atoms with Gasteiger partial charge in [-0.3, -0.25) is 0 Å². The molecule has 0 aromatic rings. The first-order chi connectivity index (χ1) is 11.7. The third-order valence-electron chi connectivity index (χ3n) is 3.65. The van der Waals surface area contributed by atoms with E-state index < -0.39 is 40.2 Å². The SMILES string of the molecule is C=CC(=O)OCCOC(CC)[Si]1(C)O[Si](C)(C)O[Si](C)(C)O[Si](C)(C)O1. The molecule has 1 aliphatic rings. The maximum Gasteiger partial charge on any atom is 0.347 e. The smallest absolute Gasteiger partial charge is 0.347 e. The Balaban J connectivity index is 2.92. The molecule has 1 fully saturated rings. The molecule has 7 nitrogen and oxygen atoms in total. The van der Waals surface area contributed by atoms with Crippen LogP contribution in [0.2, 0.25) is 45.8 Å². The normalized spacial score (nSPS) is 24.8. The van der Waals surface area contributed by atoms with Crippen molar-refractivity contribution in [1.82, 2.24) is 0 Å². The molecule has 1 unspecified atom stereocenters. The summed E-state index contributed by atoms with van der Waals surface area (Å²) in [4.78, 5) is 11.2. The van der Waals surface area contributed by atoms with Crippen LogP contribution in [0.3, 0.4) is 0 Å². The molecule has 0 spiro atoms. The largest absolute Gasteiger partial charge is 0.460 e. The van der Waals surface area contributed by atoms with Gasteiger partial charge in [-0.25, -0.2) is 4.79 Å². The average Bonchev–Trinajstić information content (AvgIpc) is 2.41. The fraction of sp³-hybridized carbons (Fsp3) is 0.800. The van der Waals surface area contributed by atoms with Crippen LogP contribution in [0, 0.1) is 0 Å². The third kappa shape index (κ3) is 7.48. The number of hydrogen-bond acceptors (Lipinski definition) is 7. The molecule has 0 aromatic carbocycles. The number of rotatable bonds is 7. The van der Waals surface area contributed by atoms with Gasteiger partial charge in [0.15, 0.2) is 0 Å². The number of ether oxygens (including phenoxy) is 2. The molecule has 0 bridgehead atoms. The molecule has 26 heavy (non-hydrogen) atoms. The molecule has 1 rings (SSSR count). The summed E-state index contributed by atoms with van der Waals surface area (Å²) in [5.41, 5.74) is -0.210. The van der Waals surface area contributed by atoms with Crippen LogP contribution in [-0.4, -0.2) is 59.2 Å². The molecule has 0 radical (unpaired) electrons. The zero-order chi connectivity index (χ0) is 20.2. The summed E-state index contributed by atoms with van der Waals surface area (Å²) in [6.07, 6.45) is 1.87. The highest BCUT2D eigenvalue weighted by Crippen LogP contribution is 2.33. The number of esters is 1. The fourth-order valence-electron chi connectivity index (χ4n) is 3.41. The number of carbonyl (C=O) groups is 1. The van der Waals surface area contributed by atoms with Crippen LogP contribution in [0.5, 0.6) is 0 Å². The third-order valence-corrected chi connectivity index (χ3v) is 20.4. The Bertz CT molecular complexity index is 488. The highest BCUT2D eigenvalue weighted by atomic mass is 28.5. The van der Waals surface area contributed by atoms with Gasteiger partial charge in [-0.2, -0.15) is 0 Å². The van der Waals surface area contributed by atoms with Crippen molar-refractivity contribution in [1.29, 1.82) is 0 Å². The Morgan fingerprint density at radius 1 is 0.923 bits per heavy atom. The summed E-state index contributed by atoms with van der Waals surface area (Å²) in [6.45, 7) is 20.1. The Morgan fingerprint density at radius 3 is 1.81 bits per heavy atom. The van der Waals surface area contributed by atoms with Gasteiger partial charge < -0.3 is 25.9 Å². The summed E-state index contributed by atoms with van der Waals surface area (Å²) in [7, 11) is -9.95. The second-order valence-corrected chi connectivity index (χ2v) is 22.1. The molecule has 152 valence electrons. The predicted octanol–water partition coefficient (Wildman–Crippen LogP) is 3.31. The van der Waals surface area contributed by atoms with Gasteiger partial charge in [0.05, 0.1) is 12.3 Å². The lowest BCUT2D eigenvalue weighted by Crippen LogP contribution is -2.68. The lowest BCUT2D eigenvalue weighted by molar-refractivity contribution is -0.139. The second kappa shape index (κ2) is 8.92. The van der Waals surface area contributed by atoms with Crippen LogP contribution in [0.4, 0.5) is 0 Å². The molecular weight excluding hydrogens is 405 g/mol. The topological polar surface area (TPSA) is 72.5 Å². The molecule has 0 N–H and O–H groups in total. The van der Waals surface area contributed by atoms with Crippen LogP contribution in [0.15, 0.2) is 12.7 Å². The Kier molecular flexibility index (Phi) is 8.20. The predicted molar refractivity (Wildman–Crippen MR) is 110 cm³/mol. The minimum absolute atomic E-state index is 0.167. The van der Waals surface area contributed by atoms with E-state index in [1.807, 2.05) is 52.8 Å². The molecule has 0 amide bonds. The minimum atomic E-state index is -2.75. The van der Waals surface area contributed by atoms with Gasteiger partial charge in [-0.15, -0.1) is 0 Å². The number of carbonyl (C=O) groups excluding carboxylic acids is 1. The van der Waals surface area contributed by atoms with E-state index in [0.717, 1.165) is 12.5 Å². The van der Waals surface area contributed by atoms with Gasteiger partial charge in [0.25, 0.3) is 0 Å². The van der Waals surface area contributed by atoms with Crippen molar-refractivity contribution in [2.24, 2.45) is 0 Å². The first-order valence-electron chi connectivity index (χ1n) is 8.96. The lowest BCUT2D eigenvalue weighted by Gasteiger charge is -2.49. The van der Waals surface area contributed by atoms with Crippen LogP contribution < -0.4 is 0 Å². The fourth-order valence-corrected chi connectivity index (χ4v) is 25.1. The summed E-state index contributed by atoms with van der Waals surface area (Å²) in [5, 5.41) is 0. The molecule has 0 saturated carbocycles. The van der Waals surface area contributed by atoms with E-state index in [9.17, 15) is 4.79 Å². The molecule has 11 heteroatoms. The zero-order valence-electron chi connectivity index (χ0n) is 17.3. The van der Waals surface area contributed by atoms with Crippen molar-refractivity contribution >= 4 is 40.2 Å². The van der Waals surface area contributed by atoms with Gasteiger partial charge in [0.1, 0.15) is 6.61 Å². The Labute approximate surface area is 162 Å². The van der Waals surface area contributed by atoms with Gasteiger partial charge in [0.2, 0.25) is 0 Å². The standard InChI is InChI=1S/C15H34O7Si4/c1-10-14(16)17-12-13-18-15(11-2)26(9)21-24(5,6)19-23(3,4)20-25(7,8)22-26/h10,15H,1,11-13H2,2-9H3. The zero-order valence-corrected chi connectivity index (χ0v) is 21.3. The van der Waals surface area contributed by atoms with Gasteiger partial charge >= 0.3 is 40.2 Å². The van der Waals surface area contributed by atoms with Gasteiger partial charge in [-0.05, 0) is 52.2 Å². The van der Waals surface area contributed by atoms with Crippen molar-refractivity contribution in [3.05, 3.63) is 12.7 Å². The van der Waals surface area contributed by atoms with E-state index in [-0.39, 0.29) is 18.9 Å². The van der Waals surface area contributed by atoms with Crippen LogP contribution in [-0.2, 0) is 30.7 Å². The summed E-state index contributed by atoms with van der Waals surface area (Å²) < 4.78 is 36.8. The Morgan fingerprint density at radius 2 is 1.38 bits per heavy atom. The average molecular weight is 439 g/mol. The maximum atomic E-state index is 11.2. The first-order valence-corrected chi connectivity index (χ1v) is 19.8. The molecule has 0 aliphatic carbocycles. The quantitative estimate of drug-likeness (QED) is 0.261. The van der Waals surface area contributed by atoms with E-state index in [1.165, 1.54) is 0 Å². The van der Waals surface area contributed by atoms with Crippen molar-refractivity contribution < 1.29 is 30.7 Å². The summed E-state index contributed by atoms with van der Waals surface area (Å²) in [5.74, 6) is -0.459. The molecule has 1 saturated heterocycles. The first kappa shape index (κ1) is 23.9. The number of hydrogen-bond donors (Lipinski definition) is 0. The van der Waals surface area contributed by atoms with Gasteiger partial charge in [-0.1, -0.05) is 13.5 Å². The van der Waals surface area contributed by atoms with Crippen molar-refractivity contribution in [3.8, 4) is 0 Å². The van der Waals surface area contributed by atoms with Crippen LogP contribution >= 0.6 is 0 Å². The Hall–Kier alpha value is -0.122. The summed E-state index contributed by atoms with van der Waals surface area (Å²) >= 11 is 0. The van der Waals surface area contributed by atoms with E-state index >= 15 is 0 Å². The highest BCUT2D eigenvalue weighted by molar-refractivity contribution is 6.93. The molecule has 1 atom stereocenters. The second-order valence-electron chi connectivity index (χ2n) is 7.76. The molecule has 1 aliphatic heterocycles. The van der Waals surface area contributed by atoms with E-state index in [4.69, 9.17) is 25.9 Å². The van der Waals surface area contributed by atoms with Crippen LogP contribution in [0.25, 0.3) is 0 Å².